The molecule has 2 atom stereocenters. The Labute approximate surface area is 98.3 Å². The van der Waals surface area contributed by atoms with Crippen LogP contribution in [-0.2, 0) is 4.74 Å². The van der Waals surface area contributed by atoms with Gasteiger partial charge in [0.15, 0.2) is 0 Å². The lowest BCUT2D eigenvalue weighted by Gasteiger charge is -2.34. The van der Waals surface area contributed by atoms with Crippen LogP contribution in [0.5, 0.6) is 0 Å². The van der Waals surface area contributed by atoms with Crippen LogP contribution in [0.1, 0.15) is 27.7 Å². The molecule has 4 heteroatoms. The van der Waals surface area contributed by atoms with Crippen molar-refractivity contribution in [3.63, 3.8) is 0 Å². The molecule has 1 N–H and O–H groups in total. The van der Waals surface area contributed by atoms with Crippen LogP contribution < -0.4 is 5.32 Å². The summed E-state index contributed by atoms with van der Waals surface area (Å²) in [7, 11) is 0. The van der Waals surface area contributed by atoms with Crippen LogP contribution in [0.2, 0.25) is 0 Å². The van der Waals surface area contributed by atoms with Crippen LogP contribution in [0.3, 0.4) is 0 Å². The zero-order chi connectivity index (χ0) is 12.2. The molecular formula is C12H25FN2O. The summed E-state index contributed by atoms with van der Waals surface area (Å²) in [4.78, 5) is 2.14. The topological polar surface area (TPSA) is 24.5 Å². The third-order valence-electron chi connectivity index (χ3n) is 2.59. The lowest BCUT2D eigenvalue weighted by molar-refractivity contribution is -0.0344. The lowest BCUT2D eigenvalue weighted by atomic mass is 10.1. The predicted octanol–water partition coefficient (Wildman–Crippen LogP) is 1.43. The van der Waals surface area contributed by atoms with Gasteiger partial charge in [-0.1, -0.05) is 0 Å². The molecule has 2 unspecified atom stereocenters. The van der Waals surface area contributed by atoms with Crippen LogP contribution in [0.15, 0.2) is 0 Å². The number of nitrogens with one attached hydrogen (secondary N) is 1. The first-order valence-electron chi connectivity index (χ1n) is 6.10. The zero-order valence-corrected chi connectivity index (χ0v) is 10.9. The molecule has 0 spiro atoms. The Morgan fingerprint density at radius 2 is 2.19 bits per heavy atom. The van der Waals surface area contributed by atoms with E-state index in [2.05, 4.69) is 31.0 Å². The van der Waals surface area contributed by atoms with E-state index in [0.29, 0.717) is 13.2 Å². The van der Waals surface area contributed by atoms with Gasteiger partial charge in [0.2, 0.25) is 0 Å². The number of hydrogen-bond acceptors (Lipinski definition) is 3. The first-order valence-corrected chi connectivity index (χ1v) is 6.10. The van der Waals surface area contributed by atoms with Gasteiger partial charge in [-0.05, 0) is 27.7 Å². The van der Waals surface area contributed by atoms with E-state index in [4.69, 9.17) is 4.74 Å². The van der Waals surface area contributed by atoms with Gasteiger partial charge in [0.25, 0.3) is 0 Å². The monoisotopic (exact) mass is 232 g/mol. The summed E-state index contributed by atoms with van der Waals surface area (Å²) in [5.41, 5.74) is 0.110. The molecule has 0 amide bonds. The van der Waals surface area contributed by atoms with Crippen LogP contribution in [0, 0.1) is 0 Å². The van der Waals surface area contributed by atoms with Crippen molar-refractivity contribution in [1.29, 1.82) is 0 Å². The van der Waals surface area contributed by atoms with Crippen LogP contribution in [0.25, 0.3) is 0 Å². The molecule has 96 valence electrons. The SMILES string of the molecule is CC(F)CN1CCOC(CNC(C)(C)C)C1. The van der Waals surface area contributed by atoms with Gasteiger partial charge in [-0.3, -0.25) is 4.90 Å². The largest absolute Gasteiger partial charge is 0.374 e. The molecular weight excluding hydrogens is 207 g/mol. The van der Waals surface area contributed by atoms with Gasteiger partial charge in [-0.15, -0.1) is 0 Å². The summed E-state index contributed by atoms with van der Waals surface area (Å²) >= 11 is 0. The van der Waals surface area contributed by atoms with Crippen LogP contribution in [0.4, 0.5) is 4.39 Å². The molecule has 1 fully saturated rings. The van der Waals surface area contributed by atoms with E-state index >= 15 is 0 Å². The average molecular weight is 232 g/mol. The summed E-state index contributed by atoms with van der Waals surface area (Å²) < 4.78 is 18.5. The maximum absolute atomic E-state index is 12.9. The van der Waals surface area contributed by atoms with Crippen molar-refractivity contribution in [2.45, 2.75) is 45.5 Å². The Kier molecular flexibility index (Phi) is 5.15. The fraction of sp³-hybridized carbons (Fsp3) is 1.00. The van der Waals surface area contributed by atoms with E-state index in [9.17, 15) is 4.39 Å². The van der Waals surface area contributed by atoms with Crippen molar-refractivity contribution in [1.82, 2.24) is 10.2 Å². The Morgan fingerprint density at radius 3 is 2.75 bits per heavy atom. The second-order valence-corrected chi connectivity index (χ2v) is 5.66. The quantitative estimate of drug-likeness (QED) is 0.793. The summed E-state index contributed by atoms with van der Waals surface area (Å²) in [5, 5.41) is 3.42. The highest BCUT2D eigenvalue weighted by Crippen LogP contribution is 2.08. The van der Waals surface area contributed by atoms with Crippen LogP contribution >= 0.6 is 0 Å². The van der Waals surface area contributed by atoms with Gasteiger partial charge >= 0.3 is 0 Å². The van der Waals surface area contributed by atoms with Crippen molar-refractivity contribution in [2.24, 2.45) is 0 Å². The third kappa shape index (κ3) is 5.77. The predicted molar refractivity (Wildman–Crippen MR) is 64.5 cm³/mol. The van der Waals surface area contributed by atoms with Gasteiger partial charge in [-0.2, -0.15) is 0 Å². The normalized spacial score (nSPS) is 25.7. The molecule has 1 heterocycles. The minimum Gasteiger partial charge on any atom is -0.374 e. The second kappa shape index (κ2) is 5.94. The van der Waals surface area contributed by atoms with Gasteiger partial charge in [-0.25, -0.2) is 4.39 Å². The van der Waals surface area contributed by atoms with E-state index in [-0.39, 0.29) is 11.6 Å². The molecule has 0 saturated carbocycles. The highest BCUT2D eigenvalue weighted by molar-refractivity contribution is 4.78. The van der Waals surface area contributed by atoms with E-state index in [0.717, 1.165) is 19.6 Å². The molecule has 0 aromatic carbocycles. The Balaban J connectivity index is 2.27. The molecule has 0 aromatic rings. The van der Waals surface area contributed by atoms with Gasteiger partial charge in [0.1, 0.15) is 6.17 Å². The molecule has 0 bridgehead atoms. The van der Waals surface area contributed by atoms with Crippen LogP contribution in [-0.4, -0.2) is 55.5 Å². The second-order valence-electron chi connectivity index (χ2n) is 5.66. The number of alkyl halides is 1. The molecule has 0 aromatic heterocycles. The minimum absolute atomic E-state index is 0.110. The maximum atomic E-state index is 12.9. The molecule has 0 aliphatic carbocycles. The zero-order valence-electron chi connectivity index (χ0n) is 10.9. The van der Waals surface area contributed by atoms with Gasteiger partial charge in [0, 0.05) is 31.7 Å². The minimum atomic E-state index is -0.755. The maximum Gasteiger partial charge on any atom is 0.110 e. The third-order valence-corrected chi connectivity index (χ3v) is 2.59. The summed E-state index contributed by atoms with van der Waals surface area (Å²) in [6.07, 6.45) is -0.568. The molecule has 0 radical (unpaired) electrons. The van der Waals surface area contributed by atoms with Gasteiger partial charge < -0.3 is 10.1 Å². The molecule has 1 rings (SSSR count). The van der Waals surface area contributed by atoms with E-state index in [1.807, 2.05) is 0 Å². The Hall–Kier alpha value is -0.190. The number of morpholine rings is 1. The van der Waals surface area contributed by atoms with Crippen molar-refractivity contribution >= 4 is 0 Å². The fourth-order valence-corrected chi connectivity index (χ4v) is 1.85. The molecule has 1 saturated heterocycles. The van der Waals surface area contributed by atoms with Crippen molar-refractivity contribution < 1.29 is 9.13 Å². The molecule has 3 nitrogen and oxygen atoms in total. The number of halogens is 1. The van der Waals surface area contributed by atoms with E-state index in [1.165, 1.54) is 0 Å². The summed E-state index contributed by atoms with van der Waals surface area (Å²) in [5.74, 6) is 0. The summed E-state index contributed by atoms with van der Waals surface area (Å²) in [6.45, 7) is 11.8. The van der Waals surface area contributed by atoms with E-state index < -0.39 is 6.17 Å². The average Bonchev–Trinajstić information content (AvgIpc) is 2.13. The Morgan fingerprint density at radius 1 is 1.50 bits per heavy atom. The fourth-order valence-electron chi connectivity index (χ4n) is 1.85. The van der Waals surface area contributed by atoms with Crippen molar-refractivity contribution in [3.8, 4) is 0 Å². The van der Waals surface area contributed by atoms with Gasteiger partial charge in [0.05, 0.1) is 12.7 Å². The molecule has 1 aliphatic rings. The summed E-state index contributed by atoms with van der Waals surface area (Å²) in [6, 6.07) is 0. The number of nitrogens with zero attached hydrogens (tertiary/aromatic N) is 1. The van der Waals surface area contributed by atoms with Crippen molar-refractivity contribution in [3.05, 3.63) is 0 Å². The highest BCUT2D eigenvalue weighted by Gasteiger charge is 2.22. The van der Waals surface area contributed by atoms with Crippen molar-refractivity contribution in [2.75, 3.05) is 32.8 Å². The smallest absolute Gasteiger partial charge is 0.110 e. The first kappa shape index (κ1) is 13.9. The Bertz CT molecular complexity index is 204. The number of hydrogen-bond donors (Lipinski definition) is 1. The highest BCUT2D eigenvalue weighted by atomic mass is 19.1. The number of ether oxygens (including phenoxy) is 1. The molecule has 1 aliphatic heterocycles. The molecule has 16 heavy (non-hydrogen) atoms. The standard InChI is InChI=1S/C12H25FN2O/c1-10(13)8-15-5-6-16-11(9-15)7-14-12(2,3)4/h10-11,14H,5-9H2,1-4H3. The first-order chi connectivity index (χ1) is 7.37. The lowest BCUT2D eigenvalue weighted by Crippen LogP contribution is -2.50. The van der Waals surface area contributed by atoms with E-state index in [1.54, 1.807) is 6.92 Å². The number of rotatable bonds is 4.